The lowest BCUT2D eigenvalue weighted by atomic mass is 10.1. The summed E-state index contributed by atoms with van der Waals surface area (Å²) in [5.74, 6) is -0.740. The predicted molar refractivity (Wildman–Crippen MR) is 106 cm³/mol. The second-order valence-electron chi connectivity index (χ2n) is 6.23. The summed E-state index contributed by atoms with van der Waals surface area (Å²) in [6, 6.07) is 3.50. The number of ether oxygens (including phenoxy) is 1. The third-order valence-corrected chi connectivity index (χ3v) is 5.31. The Morgan fingerprint density at radius 3 is 2.57 bits per heavy atom. The number of hydrogen-bond acceptors (Lipinski definition) is 7. The third kappa shape index (κ3) is 4.51. The number of nitriles is 1. The van der Waals surface area contributed by atoms with E-state index in [1.807, 2.05) is 27.0 Å². The largest absolute Gasteiger partial charge is 0.462 e. The summed E-state index contributed by atoms with van der Waals surface area (Å²) < 4.78 is 6.69. The van der Waals surface area contributed by atoms with Gasteiger partial charge in [-0.1, -0.05) is 11.8 Å². The van der Waals surface area contributed by atoms with Gasteiger partial charge in [-0.25, -0.2) is 9.78 Å². The summed E-state index contributed by atoms with van der Waals surface area (Å²) in [5, 5.41) is 16.5. The Kier molecular flexibility index (Phi) is 6.80. The molecule has 0 saturated carbocycles. The van der Waals surface area contributed by atoms with E-state index in [2.05, 4.69) is 15.4 Å². The zero-order chi connectivity index (χ0) is 21.0. The predicted octanol–water partition coefficient (Wildman–Crippen LogP) is 2.91. The van der Waals surface area contributed by atoms with Crippen LogP contribution in [0.25, 0.3) is 0 Å². The van der Waals surface area contributed by atoms with Gasteiger partial charge in [-0.15, -0.1) is 0 Å². The van der Waals surface area contributed by atoms with Gasteiger partial charge in [-0.2, -0.15) is 10.4 Å². The molecule has 0 aliphatic carbocycles. The van der Waals surface area contributed by atoms with Gasteiger partial charge in [0.25, 0.3) is 0 Å². The van der Waals surface area contributed by atoms with E-state index in [0.29, 0.717) is 16.4 Å². The van der Waals surface area contributed by atoms with Crippen LogP contribution in [0.3, 0.4) is 0 Å². The highest BCUT2D eigenvalue weighted by molar-refractivity contribution is 8.00. The summed E-state index contributed by atoms with van der Waals surface area (Å²) in [6.07, 6.45) is 0. The average Bonchev–Trinajstić information content (AvgIpc) is 2.88. The quantitative estimate of drug-likeness (QED) is 0.585. The average molecular weight is 401 g/mol. The normalized spacial score (nSPS) is 11.6. The highest BCUT2D eigenvalue weighted by atomic mass is 32.2. The minimum absolute atomic E-state index is 0.220. The van der Waals surface area contributed by atoms with E-state index in [1.165, 1.54) is 6.07 Å². The van der Waals surface area contributed by atoms with Crippen LogP contribution in [0.4, 0.5) is 5.69 Å². The van der Waals surface area contributed by atoms with Crippen LogP contribution in [0.1, 0.15) is 46.9 Å². The van der Waals surface area contributed by atoms with Crippen molar-refractivity contribution in [2.24, 2.45) is 7.05 Å². The van der Waals surface area contributed by atoms with Crippen molar-refractivity contribution >= 4 is 29.3 Å². The molecular formula is C19H23N5O3S. The highest BCUT2D eigenvalue weighted by Crippen LogP contribution is 2.28. The van der Waals surface area contributed by atoms with Crippen LogP contribution < -0.4 is 5.32 Å². The maximum absolute atomic E-state index is 12.6. The molecule has 0 aromatic carbocycles. The number of anilines is 1. The Bertz CT molecular complexity index is 961. The van der Waals surface area contributed by atoms with Crippen LogP contribution in [0, 0.1) is 32.1 Å². The van der Waals surface area contributed by atoms with Gasteiger partial charge in [0, 0.05) is 7.05 Å². The number of carbonyl (C=O) groups is 2. The van der Waals surface area contributed by atoms with E-state index in [9.17, 15) is 14.9 Å². The van der Waals surface area contributed by atoms with E-state index < -0.39 is 11.2 Å². The molecule has 2 rings (SSSR count). The summed E-state index contributed by atoms with van der Waals surface area (Å²) in [7, 11) is 1.81. The zero-order valence-electron chi connectivity index (χ0n) is 16.8. The molecule has 0 bridgehead atoms. The highest BCUT2D eigenvalue weighted by Gasteiger charge is 2.22. The third-order valence-electron chi connectivity index (χ3n) is 4.21. The van der Waals surface area contributed by atoms with Gasteiger partial charge in [-0.3, -0.25) is 9.48 Å². The van der Waals surface area contributed by atoms with Crippen LogP contribution in [-0.2, 0) is 16.6 Å². The van der Waals surface area contributed by atoms with E-state index in [4.69, 9.17) is 4.74 Å². The molecule has 0 saturated heterocycles. The molecule has 1 atom stereocenters. The summed E-state index contributed by atoms with van der Waals surface area (Å²) in [4.78, 5) is 29.0. The molecule has 2 aromatic heterocycles. The number of carbonyl (C=O) groups excluding carboxylic acids is 2. The molecular weight excluding hydrogens is 378 g/mol. The molecule has 28 heavy (non-hydrogen) atoms. The first-order chi connectivity index (χ1) is 13.2. The molecule has 148 valence electrons. The van der Waals surface area contributed by atoms with Gasteiger partial charge in [0.15, 0.2) is 0 Å². The van der Waals surface area contributed by atoms with E-state index in [0.717, 1.165) is 23.1 Å². The van der Waals surface area contributed by atoms with Crippen molar-refractivity contribution in [2.45, 2.75) is 44.9 Å². The molecule has 1 N–H and O–H groups in total. The first kappa shape index (κ1) is 21.4. The van der Waals surface area contributed by atoms with Crippen molar-refractivity contribution in [1.29, 1.82) is 5.26 Å². The molecule has 0 radical (unpaired) electrons. The number of thioether (sulfide) groups is 1. The standard InChI is InChI=1S/C19H23N5O3S/c1-7-27-19(26)15-8-14(9-20)18(21-10(15)2)28-13(5)17(25)22-16-11(3)23-24(6)12(16)4/h8,13H,7H2,1-6H3,(H,22,25)/t13-/m0/s1. The van der Waals surface area contributed by atoms with E-state index >= 15 is 0 Å². The van der Waals surface area contributed by atoms with E-state index in [-0.39, 0.29) is 23.6 Å². The molecule has 0 unspecified atom stereocenters. The number of hydrogen-bond donors (Lipinski definition) is 1. The van der Waals surface area contributed by atoms with Crippen molar-refractivity contribution in [3.8, 4) is 6.07 Å². The molecule has 0 fully saturated rings. The monoisotopic (exact) mass is 401 g/mol. The van der Waals surface area contributed by atoms with Gasteiger partial charge < -0.3 is 10.1 Å². The molecule has 2 aromatic rings. The van der Waals surface area contributed by atoms with Crippen molar-refractivity contribution in [3.63, 3.8) is 0 Å². The number of rotatable bonds is 6. The van der Waals surface area contributed by atoms with Crippen LogP contribution in [-0.4, -0.2) is 38.5 Å². The first-order valence-electron chi connectivity index (χ1n) is 8.76. The molecule has 8 nitrogen and oxygen atoms in total. The Hall–Kier alpha value is -2.86. The minimum Gasteiger partial charge on any atom is -0.462 e. The number of nitrogens with one attached hydrogen (secondary N) is 1. The summed E-state index contributed by atoms with van der Waals surface area (Å²) in [6.45, 7) is 9.06. The zero-order valence-corrected chi connectivity index (χ0v) is 17.6. The number of nitrogens with zero attached hydrogens (tertiary/aromatic N) is 4. The smallest absolute Gasteiger partial charge is 0.340 e. The van der Waals surface area contributed by atoms with Gasteiger partial charge in [0.2, 0.25) is 5.91 Å². The fourth-order valence-corrected chi connectivity index (χ4v) is 3.49. The molecule has 2 heterocycles. The van der Waals surface area contributed by atoms with E-state index in [1.54, 1.807) is 25.5 Å². The molecule has 0 aliphatic rings. The van der Waals surface area contributed by atoms with Gasteiger partial charge >= 0.3 is 5.97 Å². The Morgan fingerprint density at radius 1 is 1.36 bits per heavy atom. The van der Waals surface area contributed by atoms with Crippen LogP contribution in [0.5, 0.6) is 0 Å². The maximum atomic E-state index is 12.6. The lowest BCUT2D eigenvalue weighted by molar-refractivity contribution is -0.115. The van der Waals surface area contributed by atoms with Gasteiger partial charge in [0.05, 0.1) is 45.8 Å². The second-order valence-corrected chi connectivity index (χ2v) is 7.55. The van der Waals surface area contributed by atoms with Gasteiger partial charge in [-0.05, 0) is 40.7 Å². The Morgan fingerprint density at radius 2 is 2.04 bits per heavy atom. The van der Waals surface area contributed by atoms with Crippen molar-refractivity contribution in [1.82, 2.24) is 14.8 Å². The fourth-order valence-electron chi connectivity index (χ4n) is 2.57. The maximum Gasteiger partial charge on any atom is 0.340 e. The minimum atomic E-state index is -0.520. The molecule has 9 heteroatoms. The van der Waals surface area contributed by atoms with Crippen LogP contribution in [0.15, 0.2) is 11.1 Å². The number of esters is 1. The summed E-state index contributed by atoms with van der Waals surface area (Å²) in [5.41, 5.74) is 3.20. The number of aryl methyl sites for hydroxylation is 3. The lowest BCUT2D eigenvalue weighted by Crippen LogP contribution is -2.23. The number of aromatic nitrogens is 3. The summed E-state index contributed by atoms with van der Waals surface area (Å²) >= 11 is 1.16. The number of pyridine rings is 1. The fraction of sp³-hybridized carbons (Fsp3) is 0.421. The van der Waals surface area contributed by atoms with Crippen molar-refractivity contribution in [3.05, 3.63) is 34.3 Å². The van der Waals surface area contributed by atoms with Crippen LogP contribution in [0.2, 0.25) is 0 Å². The molecule has 0 spiro atoms. The van der Waals surface area contributed by atoms with Gasteiger partial charge in [0.1, 0.15) is 11.1 Å². The van der Waals surface area contributed by atoms with Crippen molar-refractivity contribution < 1.29 is 14.3 Å². The number of amides is 1. The topological polar surface area (TPSA) is 110 Å². The lowest BCUT2D eigenvalue weighted by Gasteiger charge is -2.14. The Labute approximate surface area is 168 Å². The SMILES string of the molecule is CCOC(=O)c1cc(C#N)c(S[C@@H](C)C(=O)Nc2c(C)nn(C)c2C)nc1C. The first-order valence-corrected chi connectivity index (χ1v) is 9.64. The van der Waals surface area contributed by atoms with Crippen LogP contribution >= 0.6 is 11.8 Å². The second kappa shape index (κ2) is 8.89. The Balaban J connectivity index is 2.22. The molecule has 1 amide bonds. The molecule has 0 aliphatic heterocycles. The van der Waals surface area contributed by atoms with Crippen molar-refractivity contribution in [2.75, 3.05) is 11.9 Å².